The van der Waals surface area contributed by atoms with Crippen molar-refractivity contribution in [3.63, 3.8) is 0 Å². The molecule has 3 heteroatoms. The molecule has 2 fully saturated rings. The highest BCUT2D eigenvalue weighted by molar-refractivity contribution is 5.82. The van der Waals surface area contributed by atoms with Crippen molar-refractivity contribution in [2.45, 2.75) is 58.8 Å². The fourth-order valence-electron chi connectivity index (χ4n) is 3.97. The third-order valence-electron chi connectivity index (χ3n) is 5.47. The standard InChI is InChI=1S/C17H32N2O/c1-17(2,15-10-7-11-18-12-15)16(20)19(3)13-14-8-5-4-6-9-14/h14-15,18H,4-13H2,1-3H3. The molecule has 0 bridgehead atoms. The summed E-state index contributed by atoms with van der Waals surface area (Å²) in [6.07, 6.45) is 9.08. The molecule has 0 aromatic heterocycles. The number of hydrogen-bond acceptors (Lipinski definition) is 2. The first kappa shape index (κ1) is 15.8. The number of rotatable bonds is 4. The lowest BCUT2D eigenvalue weighted by Crippen LogP contribution is -2.48. The van der Waals surface area contributed by atoms with Crippen molar-refractivity contribution in [2.24, 2.45) is 17.3 Å². The second-order valence-corrected chi connectivity index (χ2v) is 7.45. The number of nitrogens with zero attached hydrogens (tertiary/aromatic N) is 1. The molecule has 1 saturated carbocycles. The zero-order valence-electron chi connectivity index (χ0n) is 13.6. The van der Waals surface area contributed by atoms with E-state index in [4.69, 9.17) is 0 Å². The lowest BCUT2D eigenvalue weighted by molar-refractivity contribution is -0.143. The molecule has 0 aromatic rings. The van der Waals surface area contributed by atoms with E-state index in [1.54, 1.807) is 0 Å². The molecule has 116 valence electrons. The van der Waals surface area contributed by atoms with Crippen LogP contribution < -0.4 is 5.32 Å². The number of nitrogens with one attached hydrogen (secondary N) is 1. The van der Waals surface area contributed by atoms with Crippen LogP contribution in [0.25, 0.3) is 0 Å². The van der Waals surface area contributed by atoms with Gasteiger partial charge < -0.3 is 10.2 Å². The van der Waals surface area contributed by atoms with Gasteiger partial charge in [-0.05, 0) is 50.6 Å². The Balaban J connectivity index is 1.90. The van der Waals surface area contributed by atoms with E-state index in [2.05, 4.69) is 19.2 Å². The molecule has 1 aliphatic heterocycles. The van der Waals surface area contributed by atoms with E-state index in [1.165, 1.54) is 44.9 Å². The quantitative estimate of drug-likeness (QED) is 0.858. The molecule has 1 amide bonds. The van der Waals surface area contributed by atoms with Crippen LogP contribution in [0.15, 0.2) is 0 Å². The predicted molar refractivity (Wildman–Crippen MR) is 83.6 cm³/mol. The average Bonchev–Trinajstić information content (AvgIpc) is 2.48. The van der Waals surface area contributed by atoms with Gasteiger partial charge in [0.15, 0.2) is 0 Å². The third-order valence-corrected chi connectivity index (χ3v) is 5.47. The van der Waals surface area contributed by atoms with Crippen LogP contribution in [0.2, 0.25) is 0 Å². The topological polar surface area (TPSA) is 32.3 Å². The Morgan fingerprint density at radius 2 is 1.85 bits per heavy atom. The van der Waals surface area contributed by atoms with E-state index in [9.17, 15) is 4.79 Å². The first-order valence-corrected chi connectivity index (χ1v) is 8.48. The molecular formula is C17H32N2O. The van der Waals surface area contributed by atoms with Crippen molar-refractivity contribution in [2.75, 3.05) is 26.7 Å². The summed E-state index contributed by atoms with van der Waals surface area (Å²) in [4.78, 5) is 14.9. The number of carbonyl (C=O) groups is 1. The molecule has 0 spiro atoms. The van der Waals surface area contributed by atoms with E-state index in [0.717, 1.165) is 25.6 Å². The number of amides is 1. The Bertz CT molecular complexity index is 315. The fourth-order valence-corrected chi connectivity index (χ4v) is 3.97. The molecule has 1 atom stereocenters. The second-order valence-electron chi connectivity index (χ2n) is 7.45. The molecule has 1 unspecified atom stereocenters. The number of hydrogen-bond donors (Lipinski definition) is 1. The molecule has 1 N–H and O–H groups in total. The Morgan fingerprint density at radius 3 is 2.45 bits per heavy atom. The molecule has 0 aromatic carbocycles. The van der Waals surface area contributed by atoms with Crippen LogP contribution in [-0.4, -0.2) is 37.5 Å². The monoisotopic (exact) mass is 280 g/mol. The zero-order chi connectivity index (χ0) is 14.6. The van der Waals surface area contributed by atoms with Crippen LogP contribution in [0.3, 0.4) is 0 Å². The Labute approximate surface area is 124 Å². The van der Waals surface area contributed by atoms with Crippen molar-refractivity contribution in [1.29, 1.82) is 0 Å². The molecular weight excluding hydrogens is 248 g/mol. The van der Waals surface area contributed by atoms with Gasteiger partial charge in [-0.3, -0.25) is 4.79 Å². The maximum atomic E-state index is 12.8. The summed E-state index contributed by atoms with van der Waals surface area (Å²) in [5, 5.41) is 3.45. The normalized spacial score (nSPS) is 25.4. The highest BCUT2D eigenvalue weighted by Crippen LogP contribution is 2.34. The summed E-state index contributed by atoms with van der Waals surface area (Å²) in [5.41, 5.74) is -0.225. The highest BCUT2D eigenvalue weighted by atomic mass is 16.2. The van der Waals surface area contributed by atoms with Gasteiger partial charge in [-0.15, -0.1) is 0 Å². The third kappa shape index (κ3) is 3.75. The van der Waals surface area contributed by atoms with Crippen LogP contribution in [0, 0.1) is 17.3 Å². The van der Waals surface area contributed by atoms with E-state index in [1.807, 2.05) is 11.9 Å². The zero-order valence-corrected chi connectivity index (χ0v) is 13.6. The minimum atomic E-state index is -0.225. The second kappa shape index (κ2) is 6.93. The Morgan fingerprint density at radius 1 is 1.15 bits per heavy atom. The van der Waals surface area contributed by atoms with Crippen molar-refractivity contribution in [1.82, 2.24) is 10.2 Å². The van der Waals surface area contributed by atoms with Crippen LogP contribution >= 0.6 is 0 Å². The van der Waals surface area contributed by atoms with Crippen molar-refractivity contribution in [3.8, 4) is 0 Å². The van der Waals surface area contributed by atoms with Crippen LogP contribution in [-0.2, 0) is 4.79 Å². The molecule has 0 radical (unpaired) electrons. The summed E-state index contributed by atoms with van der Waals surface area (Å²) in [6, 6.07) is 0. The minimum absolute atomic E-state index is 0.225. The maximum Gasteiger partial charge on any atom is 0.228 e. The lowest BCUT2D eigenvalue weighted by atomic mass is 9.74. The van der Waals surface area contributed by atoms with Gasteiger partial charge in [-0.25, -0.2) is 0 Å². The van der Waals surface area contributed by atoms with Crippen LogP contribution in [0.5, 0.6) is 0 Å². The minimum Gasteiger partial charge on any atom is -0.345 e. The van der Waals surface area contributed by atoms with Crippen molar-refractivity contribution in [3.05, 3.63) is 0 Å². The van der Waals surface area contributed by atoms with E-state index >= 15 is 0 Å². The van der Waals surface area contributed by atoms with Crippen LogP contribution in [0.1, 0.15) is 58.8 Å². The molecule has 1 saturated heterocycles. The van der Waals surface area contributed by atoms with Gasteiger partial charge in [0.05, 0.1) is 0 Å². The predicted octanol–water partition coefficient (Wildman–Crippen LogP) is 3.05. The average molecular weight is 280 g/mol. The number of carbonyl (C=O) groups excluding carboxylic acids is 1. The van der Waals surface area contributed by atoms with Gasteiger partial charge in [-0.2, -0.15) is 0 Å². The van der Waals surface area contributed by atoms with E-state index < -0.39 is 0 Å². The van der Waals surface area contributed by atoms with Gasteiger partial charge in [-0.1, -0.05) is 33.1 Å². The highest BCUT2D eigenvalue weighted by Gasteiger charge is 2.39. The van der Waals surface area contributed by atoms with E-state index in [0.29, 0.717) is 11.8 Å². The Hall–Kier alpha value is -0.570. The first-order chi connectivity index (χ1) is 9.51. The SMILES string of the molecule is CN(CC1CCCCC1)C(=O)C(C)(C)C1CCCNC1. The largest absolute Gasteiger partial charge is 0.345 e. The molecule has 1 aliphatic carbocycles. The van der Waals surface area contributed by atoms with E-state index in [-0.39, 0.29) is 5.41 Å². The fraction of sp³-hybridized carbons (Fsp3) is 0.941. The molecule has 2 aliphatic rings. The summed E-state index contributed by atoms with van der Waals surface area (Å²) in [6.45, 7) is 7.35. The number of piperidine rings is 1. The molecule has 20 heavy (non-hydrogen) atoms. The Kier molecular flexibility index (Phi) is 5.48. The summed E-state index contributed by atoms with van der Waals surface area (Å²) < 4.78 is 0. The lowest BCUT2D eigenvalue weighted by Gasteiger charge is -2.39. The molecule has 3 nitrogen and oxygen atoms in total. The maximum absolute atomic E-state index is 12.8. The first-order valence-electron chi connectivity index (χ1n) is 8.48. The van der Waals surface area contributed by atoms with Gasteiger partial charge in [0.2, 0.25) is 5.91 Å². The van der Waals surface area contributed by atoms with Gasteiger partial charge >= 0.3 is 0 Å². The summed E-state index contributed by atoms with van der Waals surface area (Å²) in [5.74, 6) is 1.56. The van der Waals surface area contributed by atoms with Crippen molar-refractivity contribution < 1.29 is 4.79 Å². The van der Waals surface area contributed by atoms with Crippen molar-refractivity contribution >= 4 is 5.91 Å². The van der Waals surface area contributed by atoms with Crippen LogP contribution in [0.4, 0.5) is 0 Å². The summed E-state index contributed by atoms with van der Waals surface area (Å²) >= 11 is 0. The van der Waals surface area contributed by atoms with Gasteiger partial charge in [0.25, 0.3) is 0 Å². The summed E-state index contributed by atoms with van der Waals surface area (Å²) in [7, 11) is 2.01. The molecule has 1 heterocycles. The van der Waals surface area contributed by atoms with Gasteiger partial charge in [0, 0.05) is 19.0 Å². The van der Waals surface area contributed by atoms with Gasteiger partial charge in [0.1, 0.15) is 0 Å². The molecule has 2 rings (SSSR count). The smallest absolute Gasteiger partial charge is 0.228 e.